The van der Waals surface area contributed by atoms with Gasteiger partial charge in [0.05, 0.1) is 12.8 Å². The van der Waals surface area contributed by atoms with Gasteiger partial charge in [0.15, 0.2) is 5.71 Å². The van der Waals surface area contributed by atoms with E-state index in [-0.39, 0.29) is 11.3 Å². The summed E-state index contributed by atoms with van der Waals surface area (Å²) in [4.78, 5) is 16.8. The summed E-state index contributed by atoms with van der Waals surface area (Å²) in [5, 5.41) is 0. The largest absolute Gasteiger partial charge is 0.497 e. The molecule has 126 valence electrons. The molecule has 0 heterocycles. The zero-order valence-electron chi connectivity index (χ0n) is 14.2. The lowest BCUT2D eigenvalue weighted by Gasteiger charge is -2.20. The van der Waals surface area contributed by atoms with E-state index < -0.39 is 17.4 Å². The predicted octanol–water partition coefficient (Wildman–Crippen LogP) is 4.30. The third kappa shape index (κ3) is 4.65. The third-order valence-corrected chi connectivity index (χ3v) is 3.03. The fraction of sp³-hybridized carbons (Fsp3) is 0.263. The molecule has 24 heavy (non-hydrogen) atoms. The van der Waals surface area contributed by atoms with Gasteiger partial charge in [-0.05, 0) is 57.2 Å². The van der Waals surface area contributed by atoms with Crippen LogP contribution in [0.5, 0.6) is 5.75 Å². The van der Waals surface area contributed by atoms with Crippen molar-refractivity contribution in [2.24, 2.45) is 4.99 Å². The topological polar surface area (TPSA) is 47.9 Å². The van der Waals surface area contributed by atoms with Crippen LogP contribution in [0.15, 0.2) is 53.5 Å². The average molecular weight is 329 g/mol. The highest BCUT2D eigenvalue weighted by molar-refractivity contribution is 6.43. The summed E-state index contributed by atoms with van der Waals surface area (Å²) in [6.45, 7) is 5.24. The molecule has 0 bridgehead atoms. The molecule has 0 saturated carbocycles. The minimum Gasteiger partial charge on any atom is -0.497 e. The molecule has 5 heteroatoms. The molecule has 4 nitrogen and oxygen atoms in total. The number of esters is 1. The molecule has 0 aliphatic carbocycles. The van der Waals surface area contributed by atoms with Crippen molar-refractivity contribution in [1.82, 2.24) is 0 Å². The second-order valence-electron chi connectivity index (χ2n) is 6.14. The highest BCUT2D eigenvalue weighted by Crippen LogP contribution is 2.21. The van der Waals surface area contributed by atoms with E-state index in [9.17, 15) is 9.18 Å². The fourth-order valence-electron chi connectivity index (χ4n) is 1.98. The van der Waals surface area contributed by atoms with Crippen LogP contribution in [0.1, 0.15) is 26.3 Å². The summed E-state index contributed by atoms with van der Waals surface area (Å²) in [5.41, 5.74) is -0.182. The van der Waals surface area contributed by atoms with Crippen molar-refractivity contribution >= 4 is 17.4 Å². The van der Waals surface area contributed by atoms with Gasteiger partial charge in [-0.2, -0.15) is 0 Å². The van der Waals surface area contributed by atoms with Crippen LogP contribution < -0.4 is 4.74 Å². The number of aliphatic imine (C=N–C) groups is 1. The number of benzene rings is 2. The Morgan fingerprint density at radius 3 is 2.21 bits per heavy atom. The average Bonchev–Trinajstić information content (AvgIpc) is 2.52. The van der Waals surface area contributed by atoms with Gasteiger partial charge in [-0.15, -0.1) is 0 Å². The van der Waals surface area contributed by atoms with Crippen LogP contribution in [0.25, 0.3) is 0 Å². The Morgan fingerprint density at radius 1 is 1.04 bits per heavy atom. The summed E-state index contributed by atoms with van der Waals surface area (Å²) in [7, 11) is 1.56. The standard InChI is InChI=1S/C19H20FNO3/c1-19(2,3)24-18(22)17(15-7-5-6-8-16(15)20)21-13-9-11-14(23-4)12-10-13/h5-12H,1-4H3. The van der Waals surface area contributed by atoms with E-state index in [1.165, 1.54) is 12.1 Å². The first-order valence-electron chi connectivity index (χ1n) is 7.51. The van der Waals surface area contributed by atoms with Crippen molar-refractivity contribution < 1.29 is 18.7 Å². The highest BCUT2D eigenvalue weighted by Gasteiger charge is 2.24. The van der Waals surface area contributed by atoms with Crippen LogP contribution >= 0.6 is 0 Å². The molecule has 2 rings (SSSR count). The van der Waals surface area contributed by atoms with Crippen molar-refractivity contribution in [2.75, 3.05) is 7.11 Å². The number of carbonyl (C=O) groups is 1. The number of methoxy groups -OCH3 is 1. The minimum atomic E-state index is -0.705. The molecule has 0 saturated heterocycles. The SMILES string of the molecule is COc1ccc(N=C(C(=O)OC(C)(C)C)c2ccccc2F)cc1. The van der Waals surface area contributed by atoms with Crippen molar-refractivity contribution in [3.63, 3.8) is 0 Å². The highest BCUT2D eigenvalue weighted by atomic mass is 19.1. The summed E-state index contributed by atoms with van der Waals surface area (Å²) >= 11 is 0. The molecule has 0 aliphatic heterocycles. The predicted molar refractivity (Wildman–Crippen MR) is 91.4 cm³/mol. The number of ether oxygens (including phenoxy) is 2. The number of hydrogen-bond acceptors (Lipinski definition) is 4. The van der Waals surface area contributed by atoms with Gasteiger partial charge < -0.3 is 9.47 Å². The van der Waals surface area contributed by atoms with Gasteiger partial charge in [0.25, 0.3) is 0 Å². The van der Waals surface area contributed by atoms with Gasteiger partial charge in [0.2, 0.25) is 0 Å². The van der Waals surface area contributed by atoms with E-state index >= 15 is 0 Å². The molecule has 0 spiro atoms. The molecule has 0 fully saturated rings. The molecular weight excluding hydrogens is 309 g/mol. The van der Waals surface area contributed by atoms with Crippen LogP contribution in [-0.4, -0.2) is 24.4 Å². The summed E-state index contributed by atoms with van der Waals surface area (Å²) in [6, 6.07) is 12.8. The Hall–Kier alpha value is -2.69. The number of rotatable bonds is 4. The van der Waals surface area contributed by atoms with Crippen LogP contribution in [-0.2, 0) is 9.53 Å². The van der Waals surface area contributed by atoms with Gasteiger partial charge in [-0.1, -0.05) is 12.1 Å². The van der Waals surface area contributed by atoms with Crippen molar-refractivity contribution in [1.29, 1.82) is 0 Å². The lowest BCUT2D eigenvalue weighted by molar-refractivity contribution is -0.146. The van der Waals surface area contributed by atoms with Crippen molar-refractivity contribution in [3.05, 3.63) is 59.9 Å². The number of halogens is 1. The summed E-state index contributed by atoms with van der Waals surface area (Å²) in [5.74, 6) is -0.544. The maximum Gasteiger partial charge on any atom is 0.358 e. The zero-order valence-corrected chi connectivity index (χ0v) is 14.2. The summed E-state index contributed by atoms with van der Waals surface area (Å²) in [6.07, 6.45) is 0. The number of hydrogen-bond donors (Lipinski definition) is 0. The quantitative estimate of drug-likeness (QED) is 0.621. The molecule has 2 aromatic rings. The molecule has 0 radical (unpaired) electrons. The van der Waals surface area contributed by atoms with Gasteiger partial charge in [0.1, 0.15) is 17.2 Å². The lowest BCUT2D eigenvalue weighted by atomic mass is 10.1. The maximum absolute atomic E-state index is 14.1. The minimum absolute atomic E-state index is 0.0757. The first-order valence-corrected chi connectivity index (χ1v) is 7.51. The van der Waals surface area contributed by atoms with Gasteiger partial charge >= 0.3 is 5.97 Å². The van der Waals surface area contributed by atoms with Crippen molar-refractivity contribution in [3.8, 4) is 5.75 Å². The van der Waals surface area contributed by atoms with Gasteiger partial charge in [-0.3, -0.25) is 0 Å². The molecule has 0 aromatic heterocycles. The van der Waals surface area contributed by atoms with Crippen LogP contribution in [0.4, 0.5) is 10.1 Å². The molecule has 0 unspecified atom stereocenters. The Bertz CT molecular complexity index is 746. The second-order valence-corrected chi connectivity index (χ2v) is 6.14. The maximum atomic E-state index is 14.1. The van der Waals surface area contributed by atoms with Crippen LogP contribution in [0, 0.1) is 5.82 Å². The van der Waals surface area contributed by atoms with Crippen LogP contribution in [0.2, 0.25) is 0 Å². The molecule has 0 N–H and O–H groups in total. The number of carbonyl (C=O) groups excluding carboxylic acids is 1. The van der Waals surface area contributed by atoms with E-state index in [0.29, 0.717) is 11.4 Å². The molecule has 2 aromatic carbocycles. The van der Waals surface area contributed by atoms with E-state index in [2.05, 4.69) is 4.99 Å². The first-order chi connectivity index (χ1) is 11.3. The second kappa shape index (κ2) is 7.25. The zero-order chi connectivity index (χ0) is 17.7. The van der Waals surface area contributed by atoms with E-state index in [4.69, 9.17) is 9.47 Å². The van der Waals surface area contributed by atoms with Crippen LogP contribution in [0.3, 0.4) is 0 Å². The first kappa shape index (κ1) is 17.7. The molecule has 0 aliphatic rings. The smallest absolute Gasteiger partial charge is 0.358 e. The van der Waals surface area contributed by atoms with E-state index in [1.54, 1.807) is 64.3 Å². The molecular formula is C19H20FNO3. The van der Waals surface area contributed by atoms with Gasteiger partial charge in [0, 0.05) is 5.56 Å². The Morgan fingerprint density at radius 2 is 1.67 bits per heavy atom. The monoisotopic (exact) mass is 329 g/mol. The Labute approximate surface area is 140 Å². The van der Waals surface area contributed by atoms with E-state index in [0.717, 1.165) is 0 Å². The van der Waals surface area contributed by atoms with Gasteiger partial charge in [-0.25, -0.2) is 14.2 Å². The lowest BCUT2D eigenvalue weighted by Crippen LogP contribution is -2.29. The van der Waals surface area contributed by atoms with Crippen molar-refractivity contribution in [2.45, 2.75) is 26.4 Å². The molecule has 0 amide bonds. The third-order valence-electron chi connectivity index (χ3n) is 3.03. The van der Waals surface area contributed by atoms with E-state index in [1.807, 2.05) is 0 Å². The Balaban J connectivity index is 2.47. The normalized spacial score (nSPS) is 12.0. The molecule has 0 atom stereocenters. The fourth-order valence-corrected chi connectivity index (χ4v) is 1.98. The Kier molecular flexibility index (Phi) is 5.34. The summed E-state index contributed by atoms with van der Waals surface area (Å²) < 4.78 is 24.6. The number of nitrogens with zero attached hydrogens (tertiary/aromatic N) is 1.